The summed E-state index contributed by atoms with van der Waals surface area (Å²) in [7, 11) is 96.7. The van der Waals surface area contributed by atoms with Crippen molar-refractivity contribution in [3.05, 3.63) is 33.3 Å². The van der Waals surface area contributed by atoms with Crippen molar-refractivity contribution in [2.75, 3.05) is 0 Å². The molecule has 1 aliphatic heterocycles. The Hall–Kier alpha value is 11.7. The highest BCUT2D eigenvalue weighted by Crippen LogP contribution is 2.47. The van der Waals surface area contributed by atoms with Gasteiger partial charge in [-0.05, 0) is 51.0 Å². The Bertz CT molecular complexity index is 4560. The standard InChI is InChI=1S/C13H15BrO2.S56/c1-12(2)9-5-8(7-15)11(14)6-10(9)13(3,4)16-12;1-3-5-7-9-11-13-15-17-19-21-23-25-27-29-31-33-35-37-39-41-43-45-47-49-51-53-55-56-54-52-50-48-46-44-42-40-38-36-34-32-30-28-26-24-22-20-18-16-14-12-10-8-6-4-2/h5-7H,1-4H3;. The van der Waals surface area contributed by atoms with E-state index in [0.717, 1.165) is 21.9 Å². The zero-order valence-corrected chi connectivity index (χ0v) is 80.1. The zero-order valence-electron chi connectivity index (χ0n) is 32.8. The summed E-state index contributed by atoms with van der Waals surface area (Å²) in [4.78, 5) is 10.9. The molecule has 0 saturated heterocycles. The van der Waals surface area contributed by atoms with Crippen LogP contribution in [-0.2, 0) is 518 Å². The molecule has 1 heterocycles. The normalized spacial score (nSPS) is 10.6. The lowest BCUT2D eigenvalue weighted by Crippen LogP contribution is -2.22. The van der Waals surface area contributed by atoms with Crippen LogP contribution in [0.15, 0.2) is 16.6 Å². The number of hydrogen-bond donors (Lipinski definition) is 0. The summed E-state index contributed by atoms with van der Waals surface area (Å²) in [6.07, 6.45) is 0.867. The highest BCUT2D eigenvalue weighted by molar-refractivity contribution is 9.10. The third-order valence-corrected chi connectivity index (χ3v) is 123. The van der Waals surface area contributed by atoms with E-state index < -0.39 is 0 Å². The molecule has 0 aliphatic carbocycles. The molecular weight excluding hydrogens is 2060 g/mol. The first-order valence-electron chi connectivity index (χ1n) is 14.4. The molecule has 1 aromatic rings. The Balaban J connectivity index is 0.00000135. The van der Waals surface area contributed by atoms with Crippen LogP contribution in [0.25, 0.3) is 0 Å². The molecule has 1 aliphatic rings. The summed E-state index contributed by atoms with van der Waals surface area (Å²) in [6.45, 7) is 8.16. The second-order valence-corrected chi connectivity index (χ2v) is 105. The maximum Gasteiger partial charge on any atom is 0.151 e. The van der Waals surface area contributed by atoms with Crippen molar-refractivity contribution in [2.24, 2.45) is 0 Å². The molecule has 0 amide bonds. The van der Waals surface area contributed by atoms with Gasteiger partial charge in [0.05, 0.1) is 11.2 Å². The lowest BCUT2D eigenvalue weighted by molar-refractivity contribution is -0.105. The van der Waals surface area contributed by atoms with E-state index in [9.17, 15) is 4.79 Å². The van der Waals surface area contributed by atoms with Crippen LogP contribution < -0.4 is 0 Å². The fraction of sp³-hybridized carbons (Fsp3) is 0.462. The minimum atomic E-state index is -0.336. The molecular formula is C13H15BrO2S56. The van der Waals surface area contributed by atoms with Crippen molar-refractivity contribution in [3.8, 4) is 0 Å². The molecule has 0 N–H and O–H groups in total. The summed E-state index contributed by atoms with van der Waals surface area (Å²) in [5, 5.41) is 0. The summed E-state index contributed by atoms with van der Waals surface area (Å²) < 4.78 is 6.85. The molecule has 0 unspecified atom stereocenters. The molecule has 0 radical (unpaired) electrons. The summed E-state index contributed by atoms with van der Waals surface area (Å²) in [6, 6.07) is 3.91. The Morgan fingerprint density at radius 1 is 0.319 bits per heavy atom. The number of carbonyl (C=O) groups excluding carboxylic acids is 1. The summed E-state index contributed by atoms with van der Waals surface area (Å²) in [5.41, 5.74) is 2.28. The first kappa shape index (κ1) is 81.7. The average molecular weight is 2080 g/mol. The van der Waals surface area contributed by atoms with Gasteiger partial charge in [-0.15, -0.1) is 0 Å². The maximum absolute atomic E-state index is 10.9. The van der Waals surface area contributed by atoms with E-state index in [0.29, 0.717) is 5.56 Å². The van der Waals surface area contributed by atoms with Crippen LogP contribution in [-0.4, -0.2) is 6.29 Å². The molecule has 422 valence electrons. The van der Waals surface area contributed by atoms with Gasteiger partial charge in [0.25, 0.3) is 0 Å². The fourth-order valence-corrected chi connectivity index (χ4v) is 146. The lowest BCUT2D eigenvalue weighted by atomic mass is 9.89. The number of fused-ring (bicyclic) bond motifs is 1. The second-order valence-electron chi connectivity index (χ2n) is 8.83. The van der Waals surface area contributed by atoms with Gasteiger partial charge >= 0.3 is 0 Å². The van der Waals surface area contributed by atoms with Crippen molar-refractivity contribution in [1.82, 2.24) is 0 Å². The smallest absolute Gasteiger partial charge is 0.151 e. The predicted octanol–water partition coefficient (Wildman–Crippen LogP) is 3.63. The van der Waals surface area contributed by atoms with Crippen molar-refractivity contribution >= 4 is 524 Å². The highest BCUT2D eigenvalue weighted by atomic mass is 79.9. The van der Waals surface area contributed by atoms with Gasteiger partial charge in [-0.3, -0.25) is 4.79 Å². The fourth-order valence-electron chi connectivity index (χ4n) is 3.01. The Morgan fingerprint density at radius 2 is 0.472 bits per heavy atom. The van der Waals surface area contributed by atoms with E-state index in [2.05, 4.69) is 15.9 Å². The number of ether oxygens (including phenoxy) is 1. The third kappa shape index (κ3) is 52.4. The van der Waals surface area contributed by atoms with Crippen LogP contribution in [0.3, 0.4) is 0 Å². The zero-order chi connectivity index (χ0) is 52.3. The predicted molar refractivity (Wildman–Crippen MR) is 479 cm³/mol. The molecule has 1 aromatic carbocycles. The van der Waals surface area contributed by atoms with Gasteiger partial charge in [0, 0.05) is 512 Å². The second kappa shape index (κ2) is 62.8. The van der Waals surface area contributed by atoms with Crippen LogP contribution in [0.1, 0.15) is 49.2 Å². The van der Waals surface area contributed by atoms with Crippen molar-refractivity contribution in [1.29, 1.82) is 0 Å². The summed E-state index contributed by atoms with van der Waals surface area (Å²) in [5.74, 6) is 0. The van der Waals surface area contributed by atoms with E-state index in [1.807, 2.05) is 395 Å². The van der Waals surface area contributed by atoms with Gasteiger partial charge in [-0.2, -0.15) is 0 Å². The molecule has 0 fully saturated rings. The molecule has 0 bridgehead atoms. The monoisotopic (exact) mass is 2070 g/mol. The lowest BCUT2D eigenvalue weighted by Gasteiger charge is -2.24. The molecule has 0 atom stereocenters. The number of rotatable bonds is 1. The Labute approximate surface area is 589 Å². The van der Waals surface area contributed by atoms with E-state index in [1.165, 1.54) is 17.8 Å². The van der Waals surface area contributed by atoms with Gasteiger partial charge in [0.1, 0.15) is 0 Å². The topological polar surface area (TPSA) is 26.3 Å². The Morgan fingerprint density at radius 3 is 0.625 bits per heavy atom. The number of benzene rings is 1. The van der Waals surface area contributed by atoms with Crippen LogP contribution in [0, 0.1) is 0 Å². The molecule has 72 heavy (non-hydrogen) atoms. The van der Waals surface area contributed by atoms with Crippen LogP contribution in [0.4, 0.5) is 0 Å². The van der Waals surface area contributed by atoms with Crippen LogP contribution in [0.5, 0.6) is 0 Å². The Kier molecular flexibility index (Phi) is 71.3. The highest BCUT2D eigenvalue weighted by Gasteiger charge is 2.43. The van der Waals surface area contributed by atoms with Gasteiger partial charge in [0.15, 0.2) is 6.29 Å². The van der Waals surface area contributed by atoms with Crippen LogP contribution >= 0.6 is 15.9 Å². The van der Waals surface area contributed by atoms with Gasteiger partial charge in [-0.1, -0.05) is 15.9 Å². The van der Waals surface area contributed by atoms with Crippen LogP contribution in [0.2, 0.25) is 0 Å². The SMILES string of the molecule is CC1(C)OC(C)(C)c2cc(C=O)c(Br)cc21.S=S=S=S=S=S=S=S=S=S=S=S=S=S=S=S=S=S=S=S=S=S=S=S=S=S=S=S=S=S=S=S=S=S=S=S=S=S=S=S=S=S=S=S=S=S=S=S=S=S=S=S=S=S=S=S. The van der Waals surface area contributed by atoms with Gasteiger partial charge in [-0.25, -0.2) is 0 Å². The minimum Gasteiger partial charge on any atom is -0.360 e. The summed E-state index contributed by atoms with van der Waals surface area (Å²) >= 11 is 13.0. The van der Waals surface area contributed by atoms with E-state index in [1.54, 1.807) is 107 Å². The van der Waals surface area contributed by atoms with Crippen molar-refractivity contribution < 1.29 is 9.53 Å². The number of aldehydes is 1. The van der Waals surface area contributed by atoms with Gasteiger partial charge < -0.3 is 4.74 Å². The minimum absolute atomic E-state index is 0.303. The number of hydrogen-bond acceptors (Lipinski definition) is 4. The van der Waals surface area contributed by atoms with Gasteiger partial charge in [0.2, 0.25) is 0 Å². The quantitative estimate of drug-likeness (QED) is 0.403. The van der Waals surface area contributed by atoms with E-state index in [-0.39, 0.29) is 11.2 Å². The van der Waals surface area contributed by atoms with Crippen molar-refractivity contribution in [3.63, 3.8) is 0 Å². The molecule has 0 saturated carbocycles. The maximum atomic E-state index is 10.9. The largest absolute Gasteiger partial charge is 0.360 e. The third-order valence-electron chi connectivity index (χ3n) is 4.54. The number of carbonyl (C=O) groups is 1. The molecule has 59 heteroatoms. The molecule has 0 aromatic heterocycles. The van der Waals surface area contributed by atoms with E-state index >= 15 is 0 Å². The molecule has 2 rings (SSSR count). The molecule has 0 spiro atoms. The average Bonchev–Trinajstić information content (AvgIpc) is 3.55. The number of halogens is 1. The molecule has 2 nitrogen and oxygen atoms in total. The first-order chi connectivity index (χ1) is 35.2. The van der Waals surface area contributed by atoms with Crippen molar-refractivity contribution in [2.45, 2.75) is 38.9 Å². The van der Waals surface area contributed by atoms with E-state index in [4.69, 9.17) is 27.1 Å². The first-order valence-corrected chi connectivity index (χ1v) is 88.6.